The number of hydrogen-bond acceptors (Lipinski definition) is 4. The molecule has 0 bridgehead atoms. The molecular formula is C11H22O4. The second-order valence-electron chi connectivity index (χ2n) is 4.48. The summed E-state index contributed by atoms with van der Waals surface area (Å²) in [6.45, 7) is 6.81. The summed E-state index contributed by atoms with van der Waals surface area (Å²) in [7, 11) is 0. The van der Waals surface area contributed by atoms with E-state index in [-0.39, 0.29) is 19.1 Å². The van der Waals surface area contributed by atoms with E-state index < -0.39 is 11.7 Å². The van der Waals surface area contributed by atoms with E-state index in [4.69, 9.17) is 14.9 Å². The Balaban J connectivity index is 4.41. The molecule has 0 aromatic carbocycles. The zero-order valence-electron chi connectivity index (χ0n) is 9.90. The highest BCUT2D eigenvalue weighted by Crippen LogP contribution is 2.19. The fraction of sp³-hybridized carbons (Fsp3) is 0.818. The minimum atomic E-state index is -1.07. The summed E-state index contributed by atoms with van der Waals surface area (Å²) in [5.74, 6) is 0.669. The SMILES string of the molecule is CC(C)C=C(OCC(O)CO)C(C)(C)O. The third kappa shape index (κ3) is 6.49. The van der Waals surface area contributed by atoms with Crippen molar-refractivity contribution in [1.29, 1.82) is 0 Å². The smallest absolute Gasteiger partial charge is 0.123 e. The Bertz CT molecular complexity index is 203. The highest BCUT2D eigenvalue weighted by molar-refractivity contribution is 5.07. The third-order valence-corrected chi connectivity index (χ3v) is 1.73. The maximum atomic E-state index is 9.77. The summed E-state index contributed by atoms with van der Waals surface area (Å²) in [5, 5.41) is 27.5. The maximum Gasteiger partial charge on any atom is 0.123 e. The number of rotatable bonds is 6. The standard InChI is InChI=1S/C11H22O4/c1-8(2)5-10(11(3,4)14)15-7-9(13)6-12/h5,8-9,12-14H,6-7H2,1-4H3. The minimum absolute atomic E-state index is 0.0148. The van der Waals surface area contributed by atoms with Crippen molar-refractivity contribution in [2.24, 2.45) is 5.92 Å². The van der Waals surface area contributed by atoms with Crippen LogP contribution in [0.4, 0.5) is 0 Å². The maximum absolute atomic E-state index is 9.77. The van der Waals surface area contributed by atoms with Crippen LogP contribution in [0.25, 0.3) is 0 Å². The van der Waals surface area contributed by atoms with Gasteiger partial charge in [0.05, 0.1) is 6.61 Å². The molecule has 0 saturated heterocycles. The summed E-state index contributed by atoms with van der Waals surface area (Å²) in [5.41, 5.74) is -1.07. The second-order valence-corrected chi connectivity index (χ2v) is 4.48. The van der Waals surface area contributed by atoms with E-state index in [0.717, 1.165) is 0 Å². The second kappa shape index (κ2) is 6.10. The van der Waals surface area contributed by atoms with Crippen molar-refractivity contribution in [1.82, 2.24) is 0 Å². The molecule has 4 heteroatoms. The fourth-order valence-electron chi connectivity index (χ4n) is 0.970. The van der Waals surface area contributed by atoms with E-state index >= 15 is 0 Å². The Morgan fingerprint density at radius 2 is 1.93 bits per heavy atom. The first kappa shape index (κ1) is 14.4. The molecule has 0 rings (SSSR count). The van der Waals surface area contributed by atoms with Crippen molar-refractivity contribution in [2.45, 2.75) is 39.4 Å². The van der Waals surface area contributed by atoms with Crippen molar-refractivity contribution >= 4 is 0 Å². The van der Waals surface area contributed by atoms with Crippen LogP contribution < -0.4 is 0 Å². The lowest BCUT2D eigenvalue weighted by Gasteiger charge is -2.24. The predicted octanol–water partition coefficient (Wildman–Crippen LogP) is 0.667. The molecule has 1 unspecified atom stereocenters. The van der Waals surface area contributed by atoms with Crippen molar-refractivity contribution in [3.63, 3.8) is 0 Å². The lowest BCUT2D eigenvalue weighted by Crippen LogP contribution is -2.28. The van der Waals surface area contributed by atoms with Gasteiger partial charge in [-0.15, -0.1) is 0 Å². The van der Waals surface area contributed by atoms with Gasteiger partial charge in [-0.05, 0) is 25.8 Å². The van der Waals surface area contributed by atoms with Gasteiger partial charge in [0.1, 0.15) is 24.1 Å². The van der Waals surface area contributed by atoms with Crippen molar-refractivity contribution in [3.05, 3.63) is 11.8 Å². The summed E-state index contributed by atoms with van der Waals surface area (Å²) in [6, 6.07) is 0. The first-order chi connectivity index (χ1) is 6.77. The van der Waals surface area contributed by atoms with Gasteiger partial charge in [-0.1, -0.05) is 13.8 Å². The summed E-state index contributed by atoms with van der Waals surface area (Å²) in [4.78, 5) is 0. The summed E-state index contributed by atoms with van der Waals surface area (Å²) in [6.07, 6.45) is 0.882. The van der Waals surface area contributed by atoms with Crippen molar-refractivity contribution in [2.75, 3.05) is 13.2 Å². The first-order valence-electron chi connectivity index (χ1n) is 5.13. The van der Waals surface area contributed by atoms with Crippen molar-refractivity contribution < 1.29 is 20.1 Å². The average Bonchev–Trinajstić information content (AvgIpc) is 2.09. The molecule has 0 fully saturated rings. The summed E-state index contributed by atoms with van der Waals surface area (Å²) < 4.78 is 5.27. The highest BCUT2D eigenvalue weighted by atomic mass is 16.5. The molecule has 90 valence electrons. The molecule has 0 heterocycles. The predicted molar refractivity (Wildman–Crippen MR) is 58.3 cm³/mol. The van der Waals surface area contributed by atoms with Crippen LogP contribution in [0, 0.1) is 5.92 Å². The van der Waals surface area contributed by atoms with Gasteiger partial charge in [0, 0.05) is 0 Å². The van der Waals surface area contributed by atoms with E-state index in [1.807, 2.05) is 13.8 Å². The molecular weight excluding hydrogens is 196 g/mol. The molecule has 3 N–H and O–H groups in total. The van der Waals surface area contributed by atoms with Crippen LogP contribution >= 0.6 is 0 Å². The van der Waals surface area contributed by atoms with Gasteiger partial charge < -0.3 is 20.1 Å². The number of aliphatic hydroxyl groups excluding tert-OH is 2. The van der Waals surface area contributed by atoms with Crippen molar-refractivity contribution in [3.8, 4) is 0 Å². The minimum Gasteiger partial charge on any atom is -0.492 e. The zero-order valence-corrected chi connectivity index (χ0v) is 9.90. The molecule has 15 heavy (non-hydrogen) atoms. The number of hydrogen-bond donors (Lipinski definition) is 3. The molecule has 4 nitrogen and oxygen atoms in total. The molecule has 0 aromatic heterocycles. The van der Waals surface area contributed by atoms with Gasteiger partial charge in [-0.25, -0.2) is 0 Å². The van der Waals surface area contributed by atoms with Gasteiger partial charge >= 0.3 is 0 Å². The van der Waals surface area contributed by atoms with Crippen LogP contribution in [-0.2, 0) is 4.74 Å². The Kier molecular flexibility index (Phi) is 5.87. The van der Waals surface area contributed by atoms with Gasteiger partial charge in [-0.2, -0.15) is 0 Å². The molecule has 0 amide bonds. The van der Waals surface area contributed by atoms with Gasteiger partial charge in [0.25, 0.3) is 0 Å². The van der Waals surface area contributed by atoms with E-state index in [9.17, 15) is 5.11 Å². The van der Waals surface area contributed by atoms with Gasteiger partial charge in [0.15, 0.2) is 0 Å². The van der Waals surface area contributed by atoms with E-state index in [2.05, 4.69) is 0 Å². The van der Waals surface area contributed by atoms with Crippen LogP contribution in [0.15, 0.2) is 11.8 Å². The topological polar surface area (TPSA) is 69.9 Å². The van der Waals surface area contributed by atoms with Crippen LogP contribution in [0.2, 0.25) is 0 Å². The number of aliphatic hydroxyl groups is 3. The van der Waals surface area contributed by atoms with Crippen LogP contribution in [0.1, 0.15) is 27.7 Å². The van der Waals surface area contributed by atoms with E-state index in [0.29, 0.717) is 5.76 Å². The molecule has 0 aliphatic carbocycles. The number of ether oxygens (including phenoxy) is 1. The van der Waals surface area contributed by atoms with E-state index in [1.54, 1.807) is 19.9 Å². The van der Waals surface area contributed by atoms with Crippen LogP contribution in [-0.4, -0.2) is 40.2 Å². The zero-order chi connectivity index (χ0) is 12.1. The van der Waals surface area contributed by atoms with Crippen LogP contribution in [0.3, 0.4) is 0 Å². The van der Waals surface area contributed by atoms with Gasteiger partial charge in [-0.3, -0.25) is 0 Å². The Labute approximate surface area is 91.2 Å². The Morgan fingerprint density at radius 3 is 2.27 bits per heavy atom. The molecule has 0 saturated carbocycles. The van der Waals surface area contributed by atoms with E-state index in [1.165, 1.54) is 0 Å². The molecule has 0 aliphatic rings. The quantitative estimate of drug-likeness (QED) is 0.573. The number of allylic oxidation sites excluding steroid dienone is 1. The first-order valence-corrected chi connectivity index (χ1v) is 5.13. The monoisotopic (exact) mass is 218 g/mol. The summed E-state index contributed by atoms with van der Waals surface area (Å²) >= 11 is 0. The largest absolute Gasteiger partial charge is 0.492 e. The normalized spacial score (nSPS) is 15.6. The van der Waals surface area contributed by atoms with Crippen LogP contribution in [0.5, 0.6) is 0 Å². The molecule has 0 radical (unpaired) electrons. The highest BCUT2D eigenvalue weighted by Gasteiger charge is 2.22. The molecule has 0 aliphatic heterocycles. The lowest BCUT2D eigenvalue weighted by molar-refractivity contribution is -0.0107. The average molecular weight is 218 g/mol. The van der Waals surface area contributed by atoms with Gasteiger partial charge in [0.2, 0.25) is 0 Å². The Hall–Kier alpha value is -0.580. The molecule has 1 atom stereocenters. The fourth-order valence-corrected chi connectivity index (χ4v) is 0.970. The molecule has 0 aromatic rings. The molecule has 0 spiro atoms. The lowest BCUT2D eigenvalue weighted by atomic mass is 10.0. The Morgan fingerprint density at radius 1 is 1.40 bits per heavy atom. The third-order valence-electron chi connectivity index (χ3n) is 1.73.